The summed E-state index contributed by atoms with van der Waals surface area (Å²) in [7, 11) is -8.80. The van der Waals surface area contributed by atoms with Crippen LogP contribution in [0.4, 0.5) is 0 Å². The summed E-state index contributed by atoms with van der Waals surface area (Å²) in [6, 6.07) is 1.64. The Morgan fingerprint density at radius 1 is 0.468 bits per heavy atom. The van der Waals surface area contributed by atoms with Gasteiger partial charge in [-0.25, -0.2) is 19.2 Å². The minimum atomic E-state index is -2.31. The summed E-state index contributed by atoms with van der Waals surface area (Å²) in [4.78, 5) is 46.7. The van der Waals surface area contributed by atoms with Crippen LogP contribution in [0.5, 0.6) is 0 Å². The van der Waals surface area contributed by atoms with Crippen molar-refractivity contribution in [3.8, 4) is 0 Å². The molecule has 0 aromatic heterocycles. The van der Waals surface area contributed by atoms with Crippen LogP contribution in [-0.2, 0) is 73.5 Å². The van der Waals surface area contributed by atoms with Gasteiger partial charge in [0, 0.05) is 38.6 Å². The SMILES string of the molecule is C=C(C)C(=O)OC(COCCC[Si](C)(O[Si](C)(C)C)O[Si](C)(C)C)COC(=O)COC.C=C(C)C(=O)OCC(COCCC[Si](C)(O[Si](C)(C)C)O[Si](C)(C)C)OC(=O)COC. The van der Waals surface area contributed by atoms with Gasteiger partial charge in [-0.1, -0.05) is 13.2 Å². The Labute approximate surface area is 380 Å². The maximum Gasteiger partial charge on any atom is 0.333 e. The van der Waals surface area contributed by atoms with Crippen molar-refractivity contribution in [2.45, 2.75) is 143 Å². The van der Waals surface area contributed by atoms with Crippen molar-refractivity contribution in [2.75, 3.05) is 67.1 Å². The van der Waals surface area contributed by atoms with Crippen molar-refractivity contribution in [1.29, 1.82) is 0 Å². The minimum Gasteiger partial charge on any atom is -0.460 e. The molecule has 2 atom stereocenters. The maximum atomic E-state index is 11.8. The van der Waals surface area contributed by atoms with E-state index in [0.717, 1.165) is 24.9 Å². The van der Waals surface area contributed by atoms with Gasteiger partial charge >= 0.3 is 41.0 Å². The Kier molecular flexibility index (Phi) is 30.0. The fraction of sp³-hybridized carbons (Fsp3) is 0.800. The Hall–Kier alpha value is -1.66. The van der Waals surface area contributed by atoms with Gasteiger partial charge in [0.05, 0.1) is 13.2 Å². The quantitative estimate of drug-likeness (QED) is 0.0210. The van der Waals surface area contributed by atoms with Gasteiger partial charge in [0.1, 0.15) is 26.4 Å². The standard InChI is InChI=1S/2C20H42O8Si3/c1-17(2)20(22)25-15-18(26-19(21)16-23-3)14-24-12-11-13-31(10,27-29(4,5)6)28-30(7,8)9;1-17(2)20(22)26-18(15-25-19(21)16-23-3)14-24-12-11-13-31(10,27-29(4,5)6)28-30(7,8)9/h2*18H,1,11-16H2,2-10H3. The molecule has 0 aliphatic carbocycles. The second-order valence-corrected chi connectivity index (χ2v) is 45.0. The highest BCUT2D eigenvalue weighted by Gasteiger charge is 2.41. The molecule has 0 amide bonds. The number of hydrogen-bond acceptors (Lipinski definition) is 16. The van der Waals surface area contributed by atoms with Crippen LogP contribution in [0.15, 0.2) is 24.3 Å². The summed E-state index contributed by atoms with van der Waals surface area (Å²) in [5.41, 5.74) is 0.541. The van der Waals surface area contributed by atoms with E-state index in [1.807, 2.05) is 0 Å². The number of methoxy groups -OCH3 is 2. The second kappa shape index (κ2) is 29.8. The number of ether oxygens (including phenoxy) is 8. The lowest BCUT2D eigenvalue weighted by molar-refractivity contribution is -0.164. The van der Waals surface area contributed by atoms with E-state index in [1.165, 1.54) is 14.2 Å². The zero-order valence-corrected chi connectivity index (χ0v) is 47.6. The summed E-state index contributed by atoms with van der Waals surface area (Å²) >= 11 is 0. The van der Waals surface area contributed by atoms with E-state index in [4.69, 9.17) is 54.4 Å². The third-order valence-corrected chi connectivity index (χ3v) is 26.4. The van der Waals surface area contributed by atoms with Crippen molar-refractivity contribution in [3.63, 3.8) is 0 Å². The fourth-order valence-corrected chi connectivity index (χ4v) is 30.7. The number of hydrogen-bond donors (Lipinski definition) is 0. The van der Waals surface area contributed by atoms with Gasteiger partial charge in [0.15, 0.2) is 45.5 Å². The number of carbonyl (C=O) groups excluding carboxylic acids is 4. The molecule has 0 heterocycles. The molecule has 0 saturated heterocycles. The van der Waals surface area contributed by atoms with Crippen LogP contribution in [0.2, 0.25) is 104 Å². The van der Waals surface area contributed by atoms with E-state index in [9.17, 15) is 19.2 Å². The molecule has 62 heavy (non-hydrogen) atoms. The molecule has 0 aliphatic heterocycles. The lowest BCUT2D eigenvalue weighted by atomic mass is 10.3. The molecule has 16 nitrogen and oxygen atoms in total. The smallest absolute Gasteiger partial charge is 0.333 e. The van der Waals surface area contributed by atoms with Gasteiger partial charge < -0.3 is 54.4 Å². The van der Waals surface area contributed by atoms with Gasteiger partial charge in [0.2, 0.25) is 0 Å². The van der Waals surface area contributed by atoms with Gasteiger partial charge in [-0.2, -0.15) is 0 Å². The molecular formula is C40H84O16Si6. The van der Waals surface area contributed by atoms with Crippen molar-refractivity contribution >= 4 is 74.3 Å². The number of carbonyl (C=O) groups is 4. The van der Waals surface area contributed by atoms with Gasteiger partial charge in [0.25, 0.3) is 0 Å². The van der Waals surface area contributed by atoms with E-state index in [2.05, 4.69) is 105 Å². The van der Waals surface area contributed by atoms with Crippen LogP contribution in [0.3, 0.4) is 0 Å². The molecule has 0 bridgehead atoms. The van der Waals surface area contributed by atoms with E-state index in [1.54, 1.807) is 13.8 Å². The van der Waals surface area contributed by atoms with E-state index in [0.29, 0.717) is 13.2 Å². The Morgan fingerprint density at radius 2 is 0.806 bits per heavy atom. The Morgan fingerprint density at radius 3 is 1.15 bits per heavy atom. The van der Waals surface area contributed by atoms with Crippen LogP contribution < -0.4 is 0 Å². The third kappa shape index (κ3) is 36.7. The topological polar surface area (TPSA) is 179 Å². The molecule has 0 aromatic rings. The maximum absolute atomic E-state index is 11.8. The first-order valence-corrected chi connectivity index (χ1v) is 39.8. The largest absolute Gasteiger partial charge is 0.460 e. The molecule has 0 saturated carbocycles. The first-order chi connectivity index (χ1) is 28.1. The highest BCUT2D eigenvalue weighted by atomic mass is 28.5. The van der Waals surface area contributed by atoms with Crippen LogP contribution in [0.1, 0.15) is 26.7 Å². The van der Waals surface area contributed by atoms with Crippen molar-refractivity contribution in [2.24, 2.45) is 0 Å². The normalized spacial score (nSPS) is 13.6. The minimum absolute atomic E-state index is 0.106. The monoisotopic (exact) mass is 988 g/mol. The van der Waals surface area contributed by atoms with Crippen molar-refractivity contribution < 1.29 is 73.5 Å². The molecule has 0 spiro atoms. The van der Waals surface area contributed by atoms with Gasteiger partial charge in [-0.15, -0.1) is 0 Å². The number of rotatable bonds is 32. The van der Waals surface area contributed by atoms with Crippen LogP contribution in [-0.4, -0.2) is 154 Å². The highest BCUT2D eigenvalue weighted by Crippen LogP contribution is 2.27. The van der Waals surface area contributed by atoms with Crippen molar-refractivity contribution in [1.82, 2.24) is 0 Å². The predicted octanol–water partition coefficient (Wildman–Crippen LogP) is 7.69. The highest BCUT2D eigenvalue weighted by molar-refractivity contribution is 6.88. The van der Waals surface area contributed by atoms with Crippen LogP contribution in [0, 0.1) is 0 Å². The molecule has 0 N–H and O–H groups in total. The first-order valence-electron chi connectivity index (χ1n) is 21.1. The third-order valence-electron chi connectivity index (χ3n) is 7.16. The molecule has 364 valence electrons. The molecule has 0 aliphatic rings. The van der Waals surface area contributed by atoms with Gasteiger partial charge in [-0.05, 0) is 130 Å². The van der Waals surface area contributed by atoms with E-state index in [-0.39, 0.29) is 50.8 Å². The molecule has 22 heteroatoms. The summed E-state index contributed by atoms with van der Waals surface area (Å²) in [5.74, 6) is -2.17. The van der Waals surface area contributed by atoms with E-state index < -0.39 is 86.5 Å². The fourth-order valence-electron chi connectivity index (χ4n) is 5.72. The summed E-state index contributed by atoms with van der Waals surface area (Å²) < 4.78 is 67.6. The molecule has 0 fully saturated rings. The van der Waals surface area contributed by atoms with Crippen molar-refractivity contribution in [3.05, 3.63) is 24.3 Å². The summed E-state index contributed by atoms with van der Waals surface area (Å²) in [5, 5.41) is 0. The zero-order valence-electron chi connectivity index (χ0n) is 41.6. The van der Waals surface area contributed by atoms with Gasteiger partial charge in [-0.3, -0.25) is 0 Å². The molecule has 0 aromatic carbocycles. The lowest BCUT2D eigenvalue weighted by Gasteiger charge is -2.38. The Balaban J connectivity index is 0. The average molecular weight is 990 g/mol. The van der Waals surface area contributed by atoms with Crippen LogP contribution in [0.25, 0.3) is 0 Å². The summed E-state index contributed by atoms with van der Waals surface area (Å²) in [6.07, 6.45) is 0.0979. The molecule has 0 radical (unpaired) electrons. The summed E-state index contributed by atoms with van der Waals surface area (Å²) in [6.45, 7) is 41.1. The Bertz CT molecular complexity index is 1340. The number of esters is 4. The molecule has 2 unspecified atom stereocenters. The van der Waals surface area contributed by atoms with Crippen LogP contribution >= 0.6 is 0 Å². The second-order valence-electron chi connectivity index (χ2n) is 19.3. The average Bonchev–Trinajstić information content (AvgIpc) is 3.05. The predicted molar refractivity (Wildman–Crippen MR) is 257 cm³/mol. The van der Waals surface area contributed by atoms with E-state index >= 15 is 0 Å². The lowest BCUT2D eigenvalue weighted by Crippen LogP contribution is -2.52. The molecular weight excluding hydrogens is 905 g/mol. The first kappa shape index (κ1) is 62.4. The zero-order chi connectivity index (χ0) is 48.6. The molecule has 0 rings (SSSR count).